The van der Waals surface area contributed by atoms with E-state index in [0.717, 1.165) is 11.3 Å². The quantitative estimate of drug-likeness (QED) is 0.743. The number of hydrogen-bond acceptors (Lipinski definition) is 5. The fourth-order valence-electron chi connectivity index (χ4n) is 1.87. The van der Waals surface area contributed by atoms with Crippen LogP contribution in [-0.4, -0.2) is 38.8 Å². The highest BCUT2D eigenvalue weighted by atomic mass is 35.5. The first-order chi connectivity index (χ1) is 10.1. The zero-order valence-electron chi connectivity index (χ0n) is 11.6. The molecule has 0 saturated carbocycles. The molecule has 0 spiro atoms. The summed E-state index contributed by atoms with van der Waals surface area (Å²) in [5, 5.41) is 4.24. The lowest BCUT2D eigenvalue weighted by molar-refractivity contribution is 0.798. The Labute approximate surface area is 127 Å². The van der Waals surface area contributed by atoms with Crippen molar-refractivity contribution in [2.24, 2.45) is 0 Å². The van der Waals surface area contributed by atoms with E-state index in [0.29, 0.717) is 11.8 Å². The predicted molar refractivity (Wildman–Crippen MR) is 81.7 cm³/mol. The van der Waals surface area contributed by atoms with E-state index >= 15 is 0 Å². The fourth-order valence-corrected chi connectivity index (χ4v) is 2.02. The maximum atomic E-state index is 5.99. The van der Waals surface area contributed by atoms with Gasteiger partial charge in [0.2, 0.25) is 5.28 Å². The van der Waals surface area contributed by atoms with Gasteiger partial charge in [-0.3, -0.25) is 0 Å². The Kier molecular flexibility index (Phi) is 3.53. The van der Waals surface area contributed by atoms with Gasteiger partial charge in [-0.1, -0.05) is 0 Å². The smallest absolute Gasteiger partial charge is 0.255 e. The fraction of sp³-hybridized carbons (Fsp3) is 0.143. The summed E-state index contributed by atoms with van der Waals surface area (Å²) in [5.41, 5.74) is 1.98. The van der Waals surface area contributed by atoms with Crippen LogP contribution in [0, 0.1) is 0 Å². The standard InChI is InChI=1S/C14H13ClN6/c1-20(2)11-6-4-10(5-7-11)12-17-13(15)19-14(18-12)21-9-3-8-16-21/h3-9H,1-2H3. The van der Waals surface area contributed by atoms with Crippen LogP contribution in [0.1, 0.15) is 0 Å². The lowest BCUT2D eigenvalue weighted by Gasteiger charge is -2.12. The van der Waals surface area contributed by atoms with Crippen molar-refractivity contribution in [2.45, 2.75) is 0 Å². The number of aromatic nitrogens is 5. The van der Waals surface area contributed by atoms with Gasteiger partial charge in [-0.15, -0.1) is 0 Å². The molecule has 0 bridgehead atoms. The molecule has 7 heteroatoms. The first-order valence-electron chi connectivity index (χ1n) is 6.33. The summed E-state index contributed by atoms with van der Waals surface area (Å²) in [7, 11) is 3.98. The second-order valence-electron chi connectivity index (χ2n) is 4.62. The van der Waals surface area contributed by atoms with E-state index < -0.39 is 0 Å². The molecule has 0 radical (unpaired) electrons. The van der Waals surface area contributed by atoms with Gasteiger partial charge in [0.1, 0.15) is 0 Å². The van der Waals surface area contributed by atoms with Crippen LogP contribution in [0.5, 0.6) is 0 Å². The maximum Gasteiger partial charge on any atom is 0.255 e. The SMILES string of the molecule is CN(C)c1ccc(-c2nc(Cl)nc(-n3cccn3)n2)cc1. The lowest BCUT2D eigenvalue weighted by Crippen LogP contribution is -2.08. The Balaban J connectivity index is 2.02. The van der Waals surface area contributed by atoms with Crippen LogP contribution in [0.4, 0.5) is 5.69 Å². The van der Waals surface area contributed by atoms with E-state index in [-0.39, 0.29) is 5.28 Å². The van der Waals surface area contributed by atoms with Gasteiger partial charge in [0.05, 0.1) is 0 Å². The highest BCUT2D eigenvalue weighted by Gasteiger charge is 2.09. The van der Waals surface area contributed by atoms with Crippen LogP contribution >= 0.6 is 11.6 Å². The molecule has 0 fully saturated rings. The van der Waals surface area contributed by atoms with Crippen molar-refractivity contribution in [1.29, 1.82) is 0 Å². The van der Waals surface area contributed by atoms with Crippen molar-refractivity contribution < 1.29 is 0 Å². The number of anilines is 1. The molecule has 3 aromatic rings. The second-order valence-corrected chi connectivity index (χ2v) is 4.96. The van der Waals surface area contributed by atoms with Crippen molar-refractivity contribution in [1.82, 2.24) is 24.7 Å². The average Bonchev–Trinajstić information content (AvgIpc) is 3.01. The van der Waals surface area contributed by atoms with E-state index in [4.69, 9.17) is 11.6 Å². The van der Waals surface area contributed by atoms with Gasteiger partial charge < -0.3 is 4.90 Å². The van der Waals surface area contributed by atoms with Crippen LogP contribution in [0.3, 0.4) is 0 Å². The van der Waals surface area contributed by atoms with Crippen LogP contribution in [0.15, 0.2) is 42.7 Å². The Morgan fingerprint density at radius 2 is 1.81 bits per heavy atom. The number of benzene rings is 1. The molecule has 0 aliphatic heterocycles. The van der Waals surface area contributed by atoms with Gasteiger partial charge in [0.25, 0.3) is 5.95 Å². The van der Waals surface area contributed by atoms with E-state index in [1.54, 1.807) is 23.1 Å². The third-order valence-electron chi connectivity index (χ3n) is 2.95. The topological polar surface area (TPSA) is 59.7 Å². The first kappa shape index (κ1) is 13.5. The van der Waals surface area contributed by atoms with Gasteiger partial charge in [-0.25, -0.2) is 4.68 Å². The highest BCUT2D eigenvalue weighted by molar-refractivity contribution is 6.28. The molecule has 6 nitrogen and oxygen atoms in total. The molecule has 106 valence electrons. The normalized spacial score (nSPS) is 10.6. The minimum atomic E-state index is 0.141. The molecular weight excluding hydrogens is 288 g/mol. The number of halogens is 1. The average molecular weight is 301 g/mol. The predicted octanol–water partition coefficient (Wildman–Crippen LogP) is 2.44. The van der Waals surface area contributed by atoms with Gasteiger partial charge in [0, 0.05) is 37.7 Å². The van der Waals surface area contributed by atoms with Crippen LogP contribution in [0.2, 0.25) is 5.28 Å². The maximum absolute atomic E-state index is 5.99. The zero-order valence-corrected chi connectivity index (χ0v) is 12.4. The second kappa shape index (κ2) is 5.49. The molecule has 0 N–H and O–H groups in total. The first-order valence-corrected chi connectivity index (χ1v) is 6.70. The van der Waals surface area contributed by atoms with E-state index in [1.165, 1.54) is 0 Å². The summed E-state index contributed by atoms with van der Waals surface area (Å²) in [6.45, 7) is 0. The minimum Gasteiger partial charge on any atom is -0.378 e. The molecule has 0 aliphatic carbocycles. The molecule has 1 aromatic carbocycles. The van der Waals surface area contributed by atoms with E-state index in [2.05, 4.69) is 20.1 Å². The van der Waals surface area contributed by atoms with E-state index in [9.17, 15) is 0 Å². The zero-order chi connectivity index (χ0) is 14.8. The van der Waals surface area contributed by atoms with Gasteiger partial charge in [-0.05, 0) is 41.9 Å². The third kappa shape index (κ3) is 2.85. The highest BCUT2D eigenvalue weighted by Crippen LogP contribution is 2.21. The Hall–Kier alpha value is -2.47. The molecule has 0 aliphatic rings. The van der Waals surface area contributed by atoms with Crippen LogP contribution in [-0.2, 0) is 0 Å². The molecule has 3 rings (SSSR count). The third-order valence-corrected chi connectivity index (χ3v) is 3.12. The molecule has 21 heavy (non-hydrogen) atoms. The van der Waals surface area contributed by atoms with Crippen LogP contribution in [0.25, 0.3) is 17.3 Å². The Morgan fingerprint density at radius 1 is 1.05 bits per heavy atom. The molecule has 0 amide bonds. The minimum absolute atomic E-state index is 0.141. The van der Waals surface area contributed by atoms with Crippen molar-refractivity contribution in [3.8, 4) is 17.3 Å². The Bertz CT molecular complexity index is 737. The lowest BCUT2D eigenvalue weighted by atomic mass is 10.2. The molecule has 0 atom stereocenters. The Morgan fingerprint density at radius 3 is 2.43 bits per heavy atom. The molecule has 2 aromatic heterocycles. The van der Waals surface area contributed by atoms with Crippen LogP contribution < -0.4 is 4.90 Å². The molecule has 0 saturated heterocycles. The van der Waals surface area contributed by atoms with Gasteiger partial charge >= 0.3 is 0 Å². The summed E-state index contributed by atoms with van der Waals surface area (Å²) < 4.78 is 1.55. The van der Waals surface area contributed by atoms with Gasteiger partial charge in [-0.2, -0.15) is 20.1 Å². The molecule has 2 heterocycles. The number of nitrogens with zero attached hydrogens (tertiary/aromatic N) is 6. The summed E-state index contributed by atoms with van der Waals surface area (Å²) in [4.78, 5) is 14.7. The van der Waals surface area contributed by atoms with Gasteiger partial charge in [0.15, 0.2) is 5.82 Å². The van der Waals surface area contributed by atoms with Crippen molar-refractivity contribution in [3.63, 3.8) is 0 Å². The summed E-state index contributed by atoms with van der Waals surface area (Å²) in [6, 6.07) is 9.70. The van der Waals surface area contributed by atoms with Crippen molar-refractivity contribution in [2.75, 3.05) is 19.0 Å². The summed E-state index contributed by atoms with van der Waals surface area (Å²) in [5.74, 6) is 0.914. The number of hydrogen-bond donors (Lipinski definition) is 0. The largest absolute Gasteiger partial charge is 0.378 e. The molecule has 0 unspecified atom stereocenters. The van der Waals surface area contributed by atoms with Crippen molar-refractivity contribution >= 4 is 17.3 Å². The van der Waals surface area contributed by atoms with Crippen molar-refractivity contribution in [3.05, 3.63) is 48.0 Å². The molecular formula is C14H13ClN6. The summed E-state index contributed by atoms with van der Waals surface area (Å²) in [6.07, 6.45) is 3.41. The van der Waals surface area contributed by atoms with E-state index in [1.807, 2.05) is 43.3 Å². The number of rotatable bonds is 3. The summed E-state index contributed by atoms with van der Waals surface area (Å²) >= 11 is 5.99. The monoisotopic (exact) mass is 300 g/mol.